The maximum Gasteiger partial charge on any atom is 0.375 e. The smallest absolute Gasteiger partial charge is 0.375 e. The first kappa shape index (κ1) is 20.6. The summed E-state index contributed by atoms with van der Waals surface area (Å²) in [5, 5.41) is 7.69. The van der Waals surface area contributed by atoms with E-state index in [-0.39, 0.29) is 12.4 Å². The molecular formula is C15H18N2O7S. The Balaban J connectivity index is 2.56. The van der Waals surface area contributed by atoms with E-state index >= 15 is 0 Å². The molecule has 25 heavy (non-hydrogen) atoms. The number of hydrogen-bond acceptors (Lipinski definition) is 9. The molecule has 0 saturated carbocycles. The van der Waals surface area contributed by atoms with Gasteiger partial charge in [0.05, 0.1) is 12.8 Å². The number of hydrogen-bond donors (Lipinski definition) is 2. The van der Waals surface area contributed by atoms with Crippen LogP contribution in [0.15, 0.2) is 24.4 Å². The summed E-state index contributed by atoms with van der Waals surface area (Å²) in [7, 11) is 1.12. The van der Waals surface area contributed by atoms with Crippen LogP contribution < -0.4 is 5.73 Å². The summed E-state index contributed by atoms with van der Waals surface area (Å²) in [6.07, 6.45) is 1.03. The summed E-state index contributed by atoms with van der Waals surface area (Å²) in [4.78, 5) is 50.0. The van der Waals surface area contributed by atoms with Crippen molar-refractivity contribution >= 4 is 35.5 Å². The minimum Gasteiger partial charge on any atom is -0.480 e. The number of Topliss-reactive ketones (excluding diaryl/α,β-unsaturated/α-hetero) is 1. The van der Waals surface area contributed by atoms with Gasteiger partial charge in [0.2, 0.25) is 5.78 Å². The zero-order chi connectivity index (χ0) is 18.8. The number of nitrogens with two attached hydrogens (primary N) is 1. The molecule has 10 heteroatoms. The number of esters is 2. The Kier molecular flexibility index (Phi) is 8.57. The van der Waals surface area contributed by atoms with E-state index < -0.39 is 41.4 Å². The summed E-state index contributed by atoms with van der Waals surface area (Å²) in [6.45, 7) is -0.175. The molecule has 0 radical (unpaired) electrons. The third-order valence-electron chi connectivity index (χ3n) is 2.93. The van der Waals surface area contributed by atoms with Crippen molar-refractivity contribution in [3.8, 4) is 0 Å². The van der Waals surface area contributed by atoms with Crippen molar-refractivity contribution in [2.75, 3.05) is 12.9 Å². The van der Waals surface area contributed by atoms with Crippen molar-refractivity contribution in [3.63, 3.8) is 0 Å². The van der Waals surface area contributed by atoms with Crippen molar-refractivity contribution < 1.29 is 33.8 Å². The minimum atomic E-state index is -1.24. The molecule has 0 aromatic carbocycles. The zero-order valence-corrected chi connectivity index (χ0v) is 14.2. The van der Waals surface area contributed by atoms with Crippen LogP contribution in [0.25, 0.3) is 0 Å². The Hall–Kier alpha value is -2.46. The molecule has 1 aromatic heterocycles. The molecule has 1 aromatic rings. The van der Waals surface area contributed by atoms with E-state index in [1.807, 2.05) is 0 Å². The fraction of sp³-hybridized carbons (Fsp3) is 0.400. The van der Waals surface area contributed by atoms with Crippen molar-refractivity contribution in [1.29, 1.82) is 0 Å². The number of pyridine rings is 1. The molecule has 0 aliphatic carbocycles. The van der Waals surface area contributed by atoms with Gasteiger partial charge in [-0.25, -0.2) is 4.79 Å². The highest BCUT2D eigenvalue weighted by molar-refractivity contribution is 8.00. The average molecular weight is 370 g/mol. The lowest BCUT2D eigenvalue weighted by molar-refractivity contribution is -0.155. The van der Waals surface area contributed by atoms with Crippen LogP contribution in [0, 0.1) is 0 Å². The zero-order valence-electron chi connectivity index (χ0n) is 13.4. The molecule has 9 nitrogen and oxygen atoms in total. The van der Waals surface area contributed by atoms with E-state index in [2.05, 4.69) is 9.72 Å². The second kappa shape index (κ2) is 10.4. The second-order valence-electron chi connectivity index (χ2n) is 4.81. The van der Waals surface area contributed by atoms with Crippen molar-refractivity contribution in [2.45, 2.75) is 24.3 Å². The van der Waals surface area contributed by atoms with Crippen molar-refractivity contribution in [3.05, 3.63) is 30.1 Å². The van der Waals surface area contributed by atoms with E-state index in [1.165, 1.54) is 6.20 Å². The first-order valence-corrected chi connectivity index (χ1v) is 8.17. The van der Waals surface area contributed by atoms with Gasteiger partial charge in [0, 0.05) is 18.4 Å². The Labute approximate surface area is 147 Å². The topological polar surface area (TPSA) is 146 Å². The number of carbonyl (C=O) groups excluding carboxylic acids is 3. The molecule has 1 heterocycles. The molecule has 0 amide bonds. The molecule has 2 atom stereocenters. The van der Waals surface area contributed by atoms with E-state index in [0.29, 0.717) is 5.69 Å². The van der Waals surface area contributed by atoms with Crippen molar-refractivity contribution in [2.24, 2.45) is 5.73 Å². The summed E-state index contributed by atoms with van der Waals surface area (Å²) >= 11 is 0.830. The van der Waals surface area contributed by atoms with Gasteiger partial charge in [0.15, 0.2) is 0 Å². The quantitative estimate of drug-likeness (QED) is 0.418. The standard InChI is InChI=1S/C15H18N2O7S/c1-23-15(22)12(25-8-10(16)13(19)20)6-11(18)14(21)24-7-9-4-2-3-5-17-9/h2-5,10,12H,6-8,16H2,1H3,(H,19,20)/t10-,12?/m0/s1. The van der Waals surface area contributed by atoms with Crippen LogP contribution in [0.1, 0.15) is 12.1 Å². The molecule has 0 spiro atoms. The average Bonchev–Trinajstić information content (AvgIpc) is 2.62. The van der Waals surface area contributed by atoms with Gasteiger partial charge >= 0.3 is 17.9 Å². The number of ketones is 1. The summed E-state index contributed by atoms with van der Waals surface area (Å²) < 4.78 is 9.39. The highest BCUT2D eigenvalue weighted by Gasteiger charge is 2.29. The van der Waals surface area contributed by atoms with E-state index in [9.17, 15) is 19.2 Å². The number of rotatable bonds is 10. The highest BCUT2D eigenvalue weighted by Crippen LogP contribution is 2.18. The second-order valence-corrected chi connectivity index (χ2v) is 6.05. The number of carbonyl (C=O) groups is 4. The number of carboxylic acid groups (broad SMARTS) is 1. The van der Waals surface area contributed by atoms with Crippen LogP contribution in [0.4, 0.5) is 0 Å². The SMILES string of the molecule is COC(=O)C(CC(=O)C(=O)OCc1ccccn1)SC[C@H](N)C(=O)O. The monoisotopic (exact) mass is 370 g/mol. The van der Waals surface area contributed by atoms with Gasteiger partial charge in [0.1, 0.15) is 17.9 Å². The number of thioether (sulfide) groups is 1. The van der Waals surface area contributed by atoms with Crippen LogP contribution in [-0.2, 0) is 35.3 Å². The fourth-order valence-corrected chi connectivity index (χ4v) is 2.67. The van der Waals surface area contributed by atoms with Gasteiger partial charge in [-0.2, -0.15) is 0 Å². The molecule has 1 unspecified atom stereocenters. The molecule has 136 valence electrons. The highest BCUT2D eigenvalue weighted by atomic mass is 32.2. The Morgan fingerprint density at radius 3 is 2.60 bits per heavy atom. The largest absolute Gasteiger partial charge is 0.480 e. The van der Waals surface area contributed by atoms with Gasteiger partial charge in [-0.1, -0.05) is 6.07 Å². The summed E-state index contributed by atoms with van der Waals surface area (Å²) in [6, 6.07) is 3.81. The first-order valence-electron chi connectivity index (χ1n) is 7.12. The number of nitrogens with zero attached hydrogens (tertiary/aromatic N) is 1. The van der Waals surface area contributed by atoms with Crippen LogP contribution in [0.3, 0.4) is 0 Å². The van der Waals surface area contributed by atoms with E-state index in [1.54, 1.807) is 18.2 Å². The number of aliphatic carboxylic acids is 1. The molecular weight excluding hydrogens is 352 g/mol. The predicted molar refractivity (Wildman–Crippen MR) is 87.5 cm³/mol. The number of carboxylic acids is 1. The summed E-state index contributed by atoms with van der Waals surface area (Å²) in [5.74, 6) is -4.15. The van der Waals surface area contributed by atoms with Gasteiger partial charge in [-0.05, 0) is 12.1 Å². The molecule has 3 N–H and O–H groups in total. The fourth-order valence-electron chi connectivity index (χ4n) is 1.59. The van der Waals surface area contributed by atoms with Crippen LogP contribution >= 0.6 is 11.8 Å². The van der Waals surface area contributed by atoms with Crippen LogP contribution in [0.5, 0.6) is 0 Å². The third-order valence-corrected chi connectivity index (χ3v) is 4.25. The normalized spacial score (nSPS) is 12.7. The lowest BCUT2D eigenvalue weighted by atomic mass is 10.2. The molecule has 0 aliphatic rings. The van der Waals surface area contributed by atoms with Crippen LogP contribution in [-0.4, -0.2) is 57.9 Å². The molecule has 1 rings (SSSR count). The lowest BCUT2D eigenvalue weighted by Crippen LogP contribution is -2.35. The first-order chi connectivity index (χ1) is 11.8. The van der Waals surface area contributed by atoms with Gasteiger partial charge in [-0.15, -0.1) is 11.8 Å². The molecule has 0 aliphatic heterocycles. The number of methoxy groups -OCH3 is 1. The van der Waals surface area contributed by atoms with Gasteiger partial charge < -0.3 is 20.3 Å². The Morgan fingerprint density at radius 1 is 1.32 bits per heavy atom. The Bertz CT molecular complexity index is 624. The molecule has 0 fully saturated rings. The summed E-state index contributed by atoms with van der Waals surface area (Å²) in [5.41, 5.74) is 5.82. The molecule has 0 saturated heterocycles. The van der Waals surface area contributed by atoms with Crippen molar-refractivity contribution in [1.82, 2.24) is 4.98 Å². The number of aromatic nitrogens is 1. The lowest BCUT2D eigenvalue weighted by Gasteiger charge is -2.14. The van der Waals surface area contributed by atoms with Crippen LogP contribution in [0.2, 0.25) is 0 Å². The minimum absolute atomic E-state index is 0.120. The molecule has 0 bridgehead atoms. The maximum absolute atomic E-state index is 11.9. The predicted octanol–water partition coefficient (Wildman–Crippen LogP) is -0.229. The maximum atomic E-state index is 11.9. The number of ether oxygens (including phenoxy) is 2. The van der Waals surface area contributed by atoms with E-state index in [4.69, 9.17) is 15.6 Å². The third kappa shape index (κ3) is 7.31. The van der Waals surface area contributed by atoms with Gasteiger partial charge in [0.25, 0.3) is 0 Å². The van der Waals surface area contributed by atoms with E-state index in [0.717, 1.165) is 18.9 Å². The Morgan fingerprint density at radius 2 is 2.04 bits per heavy atom. The van der Waals surface area contributed by atoms with Gasteiger partial charge in [-0.3, -0.25) is 19.4 Å².